The molecule has 0 radical (unpaired) electrons. The van der Waals surface area contributed by atoms with Gasteiger partial charge in [0.25, 0.3) is 0 Å². The van der Waals surface area contributed by atoms with Gasteiger partial charge in [-0.1, -0.05) is 0 Å². The first-order chi connectivity index (χ1) is 5.29. The van der Waals surface area contributed by atoms with E-state index in [1.807, 2.05) is 13.0 Å². The van der Waals surface area contributed by atoms with E-state index in [-0.39, 0.29) is 0 Å². The summed E-state index contributed by atoms with van der Waals surface area (Å²) >= 11 is 3.36. The molecule has 2 rings (SSSR count). The van der Waals surface area contributed by atoms with E-state index >= 15 is 0 Å². The molecule has 11 heavy (non-hydrogen) atoms. The van der Waals surface area contributed by atoms with Crippen LogP contribution in [-0.4, -0.2) is 15.2 Å². The van der Waals surface area contributed by atoms with Crippen LogP contribution in [0.25, 0.3) is 10.9 Å². The monoisotopic (exact) mass is 211 g/mol. The molecule has 0 amide bonds. The molecule has 2 aromatic rings. The smallest absolute Gasteiger partial charge is 0.114 e. The Hall–Kier alpha value is -0.900. The topological polar surface area (TPSA) is 41.6 Å². The van der Waals surface area contributed by atoms with Crippen molar-refractivity contribution < 1.29 is 0 Å². The third-order valence-electron chi connectivity index (χ3n) is 1.61. The molecule has 0 bridgehead atoms. The molecule has 0 aliphatic rings. The van der Waals surface area contributed by atoms with Gasteiger partial charge in [-0.15, -0.1) is 0 Å². The van der Waals surface area contributed by atoms with Crippen LogP contribution in [0.5, 0.6) is 0 Å². The summed E-state index contributed by atoms with van der Waals surface area (Å²) in [6, 6.07) is 1.93. The van der Waals surface area contributed by atoms with E-state index in [2.05, 4.69) is 31.1 Å². The third-order valence-corrected chi connectivity index (χ3v) is 2.21. The van der Waals surface area contributed by atoms with Gasteiger partial charge in [0, 0.05) is 11.6 Å². The Bertz CT molecular complexity index is 393. The van der Waals surface area contributed by atoms with E-state index < -0.39 is 0 Å². The van der Waals surface area contributed by atoms with Gasteiger partial charge in [0.1, 0.15) is 10.1 Å². The zero-order valence-corrected chi connectivity index (χ0v) is 7.51. The minimum absolute atomic E-state index is 0.915. The van der Waals surface area contributed by atoms with Crippen LogP contribution in [0.4, 0.5) is 0 Å². The summed E-state index contributed by atoms with van der Waals surface area (Å²) in [5, 5.41) is 8.01. The minimum atomic E-state index is 0.915. The second-order valence-corrected chi connectivity index (χ2v) is 3.12. The molecule has 0 spiro atoms. The maximum absolute atomic E-state index is 4.12. The van der Waals surface area contributed by atoms with Crippen LogP contribution in [-0.2, 0) is 0 Å². The molecular formula is C7H6BrN3. The average Bonchev–Trinajstić information content (AvgIpc) is 2.35. The molecule has 2 heterocycles. The van der Waals surface area contributed by atoms with Crippen molar-refractivity contribution in [3.8, 4) is 0 Å². The quantitative estimate of drug-likeness (QED) is 0.725. The van der Waals surface area contributed by atoms with Crippen molar-refractivity contribution in [3.05, 3.63) is 22.6 Å². The highest BCUT2D eigenvalue weighted by atomic mass is 79.9. The Balaban J connectivity index is 2.94. The molecule has 0 atom stereocenters. The number of aromatic nitrogens is 3. The Morgan fingerprint density at radius 2 is 2.36 bits per heavy atom. The zero-order chi connectivity index (χ0) is 7.84. The number of rotatable bonds is 0. The number of hydrogen-bond acceptors (Lipinski definition) is 2. The molecule has 3 nitrogen and oxygen atoms in total. The highest BCUT2D eigenvalue weighted by Gasteiger charge is 2.03. The first-order valence-electron chi connectivity index (χ1n) is 3.24. The number of nitrogens with one attached hydrogen (secondary N) is 1. The molecule has 0 aliphatic heterocycles. The Morgan fingerprint density at radius 3 is 3.09 bits per heavy atom. The molecule has 0 unspecified atom stereocenters. The molecule has 0 saturated carbocycles. The van der Waals surface area contributed by atoms with Gasteiger partial charge < -0.3 is 0 Å². The van der Waals surface area contributed by atoms with E-state index in [1.54, 1.807) is 6.20 Å². The van der Waals surface area contributed by atoms with Gasteiger partial charge >= 0.3 is 0 Å². The number of fused-ring (bicyclic) bond motifs is 1. The fourth-order valence-electron chi connectivity index (χ4n) is 1.04. The predicted octanol–water partition coefficient (Wildman–Crippen LogP) is 2.03. The van der Waals surface area contributed by atoms with E-state index in [0.717, 1.165) is 21.2 Å². The lowest BCUT2D eigenvalue weighted by molar-refractivity contribution is 1.08. The van der Waals surface area contributed by atoms with Gasteiger partial charge in [-0.05, 0) is 28.9 Å². The second kappa shape index (κ2) is 2.30. The number of nitrogens with zero attached hydrogens (tertiary/aromatic N) is 2. The van der Waals surface area contributed by atoms with Crippen molar-refractivity contribution in [2.75, 3.05) is 0 Å². The van der Waals surface area contributed by atoms with Gasteiger partial charge in [0.2, 0.25) is 0 Å². The van der Waals surface area contributed by atoms with Crippen LogP contribution < -0.4 is 0 Å². The van der Waals surface area contributed by atoms with Crippen molar-refractivity contribution in [2.24, 2.45) is 0 Å². The van der Waals surface area contributed by atoms with Crippen molar-refractivity contribution in [2.45, 2.75) is 6.92 Å². The van der Waals surface area contributed by atoms with Gasteiger partial charge in [-0.25, -0.2) is 0 Å². The number of aromatic amines is 1. The molecule has 56 valence electrons. The summed E-state index contributed by atoms with van der Waals surface area (Å²) < 4.78 is 0.915. The number of pyridine rings is 1. The van der Waals surface area contributed by atoms with Gasteiger partial charge in [-0.3, -0.25) is 10.1 Å². The largest absolute Gasteiger partial charge is 0.270 e. The van der Waals surface area contributed by atoms with Crippen LogP contribution in [0.3, 0.4) is 0 Å². The lowest BCUT2D eigenvalue weighted by Gasteiger charge is -1.90. The summed E-state index contributed by atoms with van der Waals surface area (Å²) in [4.78, 5) is 4.12. The Morgan fingerprint density at radius 1 is 1.55 bits per heavy atom. The van der Waals surface area contributed by atoms with Crippen LogP contribution >= 0.6 is 15.9 Å². The zero-order valence-electron chi connectivity index (χ0n) is 5.93. The highest BCUT2D eigenvalue weighted by molar-refractivity contribution is 9.10. The predicted molar refractivity (Wildman–Crippen MR) is 46.3 cm³/mol. The lowest BCUT2D eigenvalue weighted by Crippen LogP contribution is -1.80. The normalized spacial score (nSPS) is 10.7. The molecular weight excluding hydrogens is 206 g/mol. The summed E-state index contributed by atoms with van der Waals surface area (Å²) in [7, 11) is 0. The van der Waals surface area contributed by atoms with Gasteiger partial charge in [-0.2, -0.15) is 5.10 Å². The summed E-state index contributed by atoms with van der Waals surface area (Å²) in [6.07, 6.45) is 1.78. The average molecular weight is 212 g/mol. The standard InChI is InChI=1S/C7H6BrN3/c1-4-6-5(2-3-9-4)7(8)11-10-6/h2-3H,1H3,(H,10,11). The first-order valence-corrected chi connectivity index (χ1v) is 4.03. The Labute approximate surface area is 72.0 Å². The van der Waals surface area contributed by atoms with Crippen molar-refractivity contribution >= 4 is 26.8 Å². The molecule has 1 N–H and O–H groups in total. The molecule has 2 aromatic heterocycles. The molecule has 4 heteroatoms. The van der Waals surface area contributed by atoms with Gasteiger partial charge in [0.05, 0.1) is 5.69 Å². The van der Waals surface area contributed by atoms with Crippen LogP contribution in [0.2, 0.25) is 0 Å². The van der Waals surface area contributed by atoms with E-state index in [4.69, 9.17) is 0 Å². The van der Waals surface area contributed by atoms with E-state index in [9.17, 15) is 0 Å². The Kier molecular flexibility index (Phi) is 1.42. The maximum atomic E-state index is 4.12. The van der Waals surface area contributed by atoms with E-state index in [0.29, 0.717) is 0 Å². The van der Waals surface area contributed by atoms with Crippen LogP contribution in [0.1, 0.15) is 5.69 Å². The fraction of sp³-hybridized carbons (Fsp3) is 0.143. The third kappa shape index (κ3) is 0.939. The number of H-pyrrole nitrogens is 1. The van der Waals surface area contributed by atoms with E-state index in [1.165, 1.54) is 0 Å². The van der Waals surface area contributed by atoms with Crippen molar-refractivity contribution in [1.82, 2.24) is 15.2 Å². The lowest BCUT2D eigenvalue weighted by atomic mass is 10.3. The van der Waals surface area contributed by atoms with Crippen LogP contribution in [0, 0.1) is 6.92 Å². The summed E-state index contributed by atoms with van der Waals surface area (Å²) in [6.45, 7) is 1.94. The second-order valence-electron chi connectivity index (χ2n) is 2.33. The van der Waals surface area contributed by atoms with Crippen molar-refractivity contribution in [1.29, 1.82) is 0 Å². The highest BCUT2D eigenvalue weighted by Crippen LogP contribution is 2.21. The number of halogens is 1. The maximum Gasteiger partial charge on any atom is 0.114 e. The number of hydrogen-bond donors (Lipinski definition) is 1. The SMILES string of the molecule is Cc1nccc2c(Br)[nH]nc12. The summed E-state index contributed by atoms with van der Waals surface area (Å²) in [5.41, 5.74) is 1.88. The molecule has 0 saturated heterocycles. The molecule has 0 aliphatic carbocycles. The van der Waals surface area contributed by atoms with Crippen LogP contribution in [0.15, 0.2) is 16.9 Å². The molecule has 0 aromatic carbocycles. The van der Waals surface area contributed by atoms with Gasteiger partial charge in [0.15, 0.2) is 0 Å². The number of aryl methyl sites for hydroxylation is 1. The molecule has 0 fully saturated rings. The first kappa shape index (κ1) is 6.79. The fourth-order valence-corrected chi connectivity index (χ4v) is 1.45. The minimum Gasteiger partial charge on any atom is -0.270 e. The summed E-state index contributed by atoms with van der Waals surface area (Å²) in [5.74, 6) is 0. The van der Waals surface area contributed by atoms with Crippen molar-refractivity contribution in [3.63, 3.8) is 0 Å².